The molecule has 0 unspecified atom stereocenters. The van der Waals surface area contributed by atoms with Gasteiger partial charge in [-0.05, 0) is 59.8 Å². The lowest BCUT2D eigenvalue weighted by Gasteiger charge is -2.35. The zero-order valence-corrected chi connectivity index (χ0v) is 20.4. The Hall–Kier alpha value is -4.12. The van der Waals surface area contributed by atoms with Crippen molar-refractivity contribution in [1.82, 2.24) is 31.7 Å². The van der Waals surface area contributed by atoms with Crippen LogP contribution in [0.3, 0.4) is 0 Å². The van der Waals surface area contributed by atoms with Crippen molar-refractivity contribution < 1.29 is 9.85 Å². The van der Waals surface area contributed by atoms with Crippen molar-refractivity contribution in [2.75, 3.05) is 26.2 Å². The largest absolute Gasteiger partial charge is 0.294 e. The maximum absolute atomic E-state index is 10.7. The molecule has 188 valence electrons. The molecule has 1 saturated heterocycles. The zero-order chi connectivity index (χ0) is 25.9. The van der Waals surface area contributed by atoms with E-state index < -0.39 is 9.85 Å². The minimum atomic E-state index is -0.462. The molecular formula is C20H22N10O4S2. The van der Waals surface area contributed by atoms with Gasteiger partial charge in [-0.15, -0.1) is 0 Å². The van der Waals surface area contributed by atoms with Gasteiger partial charge in [-0.3, -0.25) is 41.9 Å². The van der Waals surface area contributed by atoms with Gasteiger partial charge in [0.25, 0.3) is 11.4 Å². The van der Waals surface area contributed by atoms with E-state index in [1.165, 1.54) is 36.7 Å². The molecule has 2 aromatic rings. The molecule has 0 amide bonds. The summed E-state index contributed by atoms with van der Waals surface area (Å²) >= 11 is 10.5. The summed E-state index contributed by atoms with van der Waals surface area (Å²) in [6, 6.07) is 12.0. The molecular weight excluding hydrogens is 508 g/mol. The van der Waals surface area contributed by atoms with Gasteiger partial charge in [0.15, 0.2) is 0 Å². The number of nitro groups is 2. The van der Waals surface area contributed by atoms with E-state index in [-0.39, 0.29) is 11.4 Å². The van der Waals surface area contributed by atoms with Gasteiger partial charge in [-0.2, -0.15) is 10.2 Å². The van der Waals surface area contributed by atoms with E-state index in [0.29, 0.717) is 47.5 Å². The van der Waals surface area contributed by atoms with Crippen LogP contribution < -0.4 is 21.7 Å². The number of hydrazine groups is 2. The van der Waals surface area contributed by atoms with Gasteiger partial charge < -0.3 is 0 Å². The number of nitrogens with one attached hydrogen (secondary N) is 4. The highest BCUT2D eigenvalue weighted by molar-refractivity contribution is 7.80. The summed E-state index contributed by atoms with van der Waals surface area (Å²) in [5.41, 5.74) is 12.9. The van der Waals surface area contributed by atoms with Crippen LogP contribution in [0.1, 0.15) is 11.1 Å². The summed E-state index contributed by atoms with van der Waals surface area (Å²) in [6.45, 7) is 2.59. The van der Waals surface area contributed by atoms with Crippen molar-refractivity contribution in [2.24, 2.45) is 10.2 Å². The second kappa shape index (κ2) is 13.1. The van der Waals surface area contributed by atoms with Crippen LogP contribution in [0.5, 0.6) is 0 Å². The summed E-state index contributed by atoms with van der Waals surface area (Å²) in [5, 5.41) is 33.9. The summed E-state index contributed by atoms with van der Waals surface area (Å²) in [7, 11) is 0. The minimum absolute atomic E-state index is 0.0115. The van der Waals surface area contributed by atoms with E-state index in [1.807, 2.05) is 10.0 Å². The third-order valence-corrected chi connectivity index (χ3v) is 5.13. The van der Waals surface area contributed by atoms with Crippen LogP contribution in [0, 0.1) is 20.2 Å². The van der Waals surface area contributed by atoms with Crippen molar-refractivity contribution >= 4 is 58.5 Å². The van der Waals surface area contributed by atoms with Crippen LogP contribution >= 0.6 is 24.4 Å². The second-order valence-electron chi connectivity index (χ2n) is 7.29. The zero-order valence-electron chi connectivity index (χ0n) is 18.7. The van der Waals surface area contributed by atoms with Gasteiger partial charge in [-0.1, -0.05) is 0 Å². The molecule has 36 heavy (non-hydrogen) atoms. The fraction of sp³-hybridized carbons (Fsp3) is 0.200. The van der Waals surface area contributed by atoms with E-state index in [4.69, 9.17) is 24.4 Å². The molecule has 3 rings (SSSR count). The Labute approximate surface area is 216 Å². The molecule has 1 heterocycles. The van der Waals surface area contributed by atoms with Crippen LogP contribution in [0.15, 0.2) is 58.7 Å². The third kappa shape index (κ3) is 8.58. The van der Waals surface area contributed by atoms with Crippen LogP contribution in [0.4, 0.5) is 11.4 Å². The van der Waals surface area contributed by atoms with Gasteiger partial charge in [-0.25, -0.2) is 10.0 Å². The highest BCUT2D eigenvalue weighted by atomic mass is 32.1. The van der Waals surface area contributed by atoms with E-state index in [9.17, 15) is 20.2 Å². The number of rotatable bonds is 8. The Bertz CT molecular complexity index is 1060. The molecule has 4 N–H and O–H groups in total. The second-order valence-corrected chi connectivity index (χ2v) is 8.11. The molecule has 0 aliphatic carbocycles. The number of nitro benzene ring substituents is 2. The first kappa shape index (κ1) is 26.5. The van der Waals surface area contributed by atoms with Crippen LogP contribution in [0.2, 0.25) is 0 Å². The number of hydrogen-bond donors (Lipinski definition) is 4. The summed E-state index contributed by atoms with van der Waals surface area (Å²) in [4.78, 5) is 20.4. The van der Waals surface area contributed by atoms with Gasteiger partial charge in [0, 0.05) is 50.4 Å². The molecule has 1 aliphatic heterocycles. The highest BCUT2D eigenvalue weighted by Gasteiger charge is 2.17. The lowest BCUT2D eigenvalue weighted by atomic mass is 10.2. The maximum Gasteiger partial charge on any atom is 0.269 e. The van der Waals surface area contributed by atoms with Gasteiger partial charge in [0.05, 0.1) is 22.3 Å². The van der Waals surface area contributed by atoms with Gasteiger partial charge in [0.1, 0.15) is 0 Å². The first-order valence-corrected chi connectivity index (χ1v) is 11.3. The molecule has 2 aromatic carbocycles. The molecule has 0 saturated carbocycles. The van der Waals surface area contributed by atoms with Crippen molar-refractivity contribution in [2.45, 2.75) is 0 Å². The number of nitrogens with zero attached hydrogens (tertiary/aromatic N) is 6. The Kier molecular flexibility index (Phi) is 9.64. The maximum atomic E-state index is 10.7. The number of hydrazone groups is 2. The third-order valence-electron chi connectivity index (χ3n) is 4.77. The first-order valence-electron chi connectivity index (χ1n) is 10.5. The van der Waals surface area contributed by atoms with E-state index in [1.54, 1.807) is 24.3 Å². The van der Waals surface area contributed by atoms with Crippen LogP contribution in [-0.2, 0) is 0 Å². The number of hydrogen-bond acceptors (Lipinski definition) is 10. The number of thiocarbonyl (C=S) groups is 2. The molecule has 0 spiro atoms. The lowest BCUT2D eigenvalue weighted by molar-refractivity contribution is -0.385. The molecule has 1 fully saturated rings. The molecule has 0 aromatic heterocycles. The molecule has 0 bridgehead atoms. The Morgan fingerprint density at radius 1 is 0.722 bits per heavy atom. The predicted octanol–water partition coefficient (Wildman–Crippen LogP) is 1.25. The summed E-state index contributed by atoms with van der Waals surface area (Å²) in [5.74, 6) is 0. The molecule has 0 atom stereocenters. The number of benzene rings is 2. The van der Waals surface area contributed by atoms with Gasteiger partial charge >= 0.3 is 0 Å². The fourth-order valence-corrected chi connectivity index (χ4v) is 3.33. The van der Waals surface area contributed by atoms with Crippen LogP contribution in [0.25, 0.3) is 0 Å². The van der Waals surface area contributed by atoms with Crippen molar-refractivity contribution in [3.63, 3.8) is 0 Å². The SMILES string of the molecule is O=[N+]([O-])c1ccc(/C=N/NC(=S)NN2CCN(NC(=S)N/N=C/c3ccc([N+](=O)[O-])cc3)CC2)cc1. The molecule has 14 nitrogen and oxygen atoms in total. The van der Waals surface area contributed by atoms with Crippen molar-refractivity contribution in [3.05, 3.63) is 79.9 Å². The fourth-order valence-electron chi connectivity index (χ4n) is 2.96. The normalized spacial score (nSPS) is 14.4. The summed E-state index contributed by atoms with van der Waals surface area (Å²) < 4.78 is 0. The quantitative estimate of drug-likeness (QED) is 0.167. The standard InChI is InChI=1S/C20H22N10O4S2/c31-29(32)17-5-1-15(2-6-17)13-21-23-19(35)25-27-9-11-28(12-10-27)26-20(36)24-22-14-16-3-7-18(8-4-16)30(33)34/h1-8,13-14H,9-12H2,(H2,23,25,35)(H2,24,26,36)/b21-13+,22-14+. The van der Waals surface area contributed by atoms with Crippen LogP contribution in [-0.4, -0.2) is 68.7 Å². The Balaban J connectivity index is 1.32. The molecule has 16 heteroatoms. The number of piperazine rings is 1. The van der Waals surface area contributed by atoms with E-state index >= 15 is 0 Å². The topological polar surface area (TPSA) is 166 Å². The molecule has 0 radical (unpaired) electrons. The van der Waals surface area contributed by atoms with E-state index in [2.05, 4.69) is 31.9 Å². The first-order chi connectivity index (χ1) is 17.3. The number of non-ortho nitro benzene ring substituents is 2. The minimum Gasteiger partial charge on any atom is -0.294 e. The van der Waals surface area contributed by atoms with Crippen molar-refractivity contribution in [1.29, 1.82) is 0 Å². The highest BCUT2D eigenvalue weighted by Crippen LogP contribution is 2.11. The monoisotopic (exact) mass is 530 g/mol. The van der Waals surface area contributed by atoms with Gasteiger partial charge in [0.2, 0.25) is 10.2 Å². The smallest absolute Gasteiger partial charge is 0.269 e. The van der Waals surface area contributed by atoms with Crippen molar-refractivity contribution in [3.8, 4) is 0 Å². The Morgan fingerprint density at radius 2 is 1.06 bits per heavy atom. The Morgan fingerprint density at radius 3 is 1.36 bits per heavy atom. The average molecular weight is 531 g/mol. The predicted molar refractivity (Wildman–Crippen MR) is 142 cm³/mol. The summed E-state index contributed by atoms with van der Waals surface area (Å²) in [6.07, 6.45) is 3.02. The molecule has 1 aliphatic rings. The average Bonchev–Trinajstić information content (AvgIpc) is 2.86. The van der Waals surface area contributed by atoms with E-state index in [0.717, 1.165) is 0 Å². The lowest BCUT2D eigenvalue weighted by Crippen LogP contribution is -2.59.